The zero-order valence-electron chi connectivity index (χ0n) is 14.2. The number of aryl methyl sites for hydroxylation is 1. The van der Waals surface area contributed by atoms with Crippen molar-refractivity contribution < 1.29 is 19.4 Å². The van der Waals surface area contributed by atoms with E-state index in [9.17, 15) is 9.59 Å². The number of ether oxygens (including phenoxy) is 1. The van der Waals surface area contributed by atoms with Gasteiger partial charge in [0.25, 0.3) is 0 Å². The van der Waals surface area contributed by atoms with E-state index in [1.54, 1.807) is 17.9 Å². The number of amides is 1. The molecular formula is C16H23N3O4. The van der Waals surface area contributed by atoms with Crippen LogP contribution < -0.4 is 4.90 Å². The Morgan fingerprint density at radius 1 is 1.35 bits per heavy atom. The molecule has 23 heavy (non-hydrogen) atoms. The van der Waals surface area contributed by atoms with Gasteiger partial charge in [0.1, 0.15) is 11.3 Å². The molecule has 7 nitrogen and oxygen atoms in total. The molecule has 0 bridgehead atoms. The van der Waals surface area contributed by atoms with Crippen LogP contribution in [0.2, 0.25) is 0 Å². The van der Waals surface area contributed by atoms with Crippen molar-refractivity contribution in [2.75, 3.05) is 25.0 Å². The highest BCUT2D eigenvalue weighted by atomic mass is 16.6. The highest BCUT2D eigenvalue weighted by Gasteiger charge is 2.36. The molecule has 0 aromatic carbocycles. The highest BCUT2D eigenvalue weighted by Crippen LogP contribution is 2.25. The monoisotopic (exact) mass is 321 g/mol. The lowest BCUT2D eigenvalue weighted by Gasteiger charge is -2.45. The van der Waals surface area contributed by atoms with Crippen LogP contribution in [0.25, 0.3) is 0 Å². The van der Waals surface area contributed by atoms with E-state index < -0.39 is 11.6 Å². The summed E-state index contributed by atoms with van der Waals surface area (Å²) >= 11 is 0. The van der Waals surface area contributed by atoms with E-state index in [1.807, 2.05) is 32.7 Å². The molecule has 0 saturated carbocycles. The Kier molecular flexibility index (Phi) is 4.49. The van der Waals surface area contributed by atoms with Gasteiger partial charge in [-0.05, 0) is 39.8 Å². The molecule has 1 saturated heterocycles. The number of aromatic nitrogens is 1. The van der Waals surface area contributed by atoms with Crippen LogP contribution in [0.3, 0.4) is 0 Å². The molecular weight excluding hydrogens is 298 g/mol. The number of pyridine rings is 1. The lowest BCUT2D eigenvalue weighted by Crippen LogP contribution is -2.61. The van der Waals surface area contributed by atoms with Crippen molar-refractivity contribution in [2.45, 2.75) is 39.3 Å². The van der Waals surface area contributed by atoms with Gasteiger partial charge in [0.05, 0.1) is 17.4 Å². The second-order valence-corrected chi connectivity index (χ2v) is 6.76. The molecule has 1 aliphatic heterocycles. The second-order valence-electron chi connectivity index (χ2n) is 6.76. The lowest BCUT2D eigenvalue weighted by molar-refractivity contribution is 0.00849. The molecule has 1 aromatic heterocycles. The van der Waals surface area contributed by atoms with Gasteiger partial charge in [-0.25, -0.2) is 14.6 Å². The quantitative estimate of drug-likeness (QED) is 0.918. The Labute approximate surface area is 135 Å². The maximum Gasteiger partial charge on any atom is 0.410 e. The molecule has 2 heterocycles. The maximum absolute atomic E-state index is 11.9. The molecule has 1 aliphatic rings. The fourth-order valence-corrected chi connectivity index (χ4v) is 2.42. The third-order valence-corrected chi connectivity index (χ3v) is 3.72. The molecule has 126 valence electrons. The maximum atomic E-state index is 11.9. The third-order valence-electron chi connectivity index (χ3n) is 3.72. The molecule has 0 unspecified atom stereocenters. The highest BCUT2D eigenvalue weighted by molar-refractivity contribution is 5.85. The normalized spacial score (nSPS) is 15.1. The van der Waals surface area contributed by atoms with Crippen LogP contribution >= 0.6 is 0 Å². The lowest BCUT2D eigenvalue weighted by atomic mass is 10.1. The summed E-state index contributed by atoms with van der Waals surface area (Å²) in [5.41, 5.74) is 1.05. The van der Waals surface area contributed by atoms with Crippen LogP contribution in [0.15, 0.2) is 12.1 Å². The number of rotatable bonds is 3. The summed E-state index contributed by atoms with van der Waals surface area (Å²) in [6, 6.07) is 3.41. The standard InChI is InChI=1S/C16H23N3O4/c1-10-13(7-6-12(17-10)14(20)21)18(5)11-8-19(9-11)15(22)23-16(2,3)4/h6-7,11H,8-9H2,1-5H3,(H,20,21). The Morgan fingerprint density at radius 2 is 1.96 bits per heavy atom. The summed E-state index contributed by atoms with van der Waals surface area (Å²) in [6.45, 7) is 8.45. The van der Waals surface area contributed by atoms with Crippen molar-refractivity contribution in [3.63, 3.8) is 0 Å². The molecule has 2 rings (SSSR count). The summed E-state index contributed by atoms with van der Waals surface area (Å²) < 4.78 is 5.33. The van der Waals surface area contributed by atoms with E-state index in [0.717, 1.165) is 5.69 Å². The number of nitrogens with zero attached hydrogens (tertiary/aromatic N) is 3. The molecule has 7 heteroatoms. The van der Waals surface area contributed by atoms with Crippen LogP contribution in [0.1, 0.15) is 37.0 Å². The summed E-state index contributed by atoms with van der Waals surface area (Å²) in [5.74, 6) is -1.04. The van der Waals surface area contributed by atoms with Gasteiger partial charge in [0.15, 0.2) is 0 Å². The minimum Gasteiger partial charge on any atom is -0.477 e. The van der Waals surface area contributed by atoms with E-state index in [1.165, 1.54) is 6.07 Å². The van der Waals surface area contributed by atoms with Crippen molar-refractivity contribution in [3.05, 3.63) is 23.5 Å². The summed E-state index contributed by atoms with van der Waals surface area (Å²) in [6.07, 6.45) is -0.307. The molecule has 1 N–H and O–H groups in total. The van der Waals surface area contributed by atoms with Crippen molar-refractivity contribution >= 4 is 17.7 Å². The predicted octanol–water partition coefficient (Wildman–Crippen LogP) is 2.14. The number of hydrogen-bond donors (Lipinski definition) is 1. The molecule has 1 fully saturated rings. The molecule has 0 spiro atoms. The van der Waals surface area contributed by atoms with Gasteiger partial charge >= 0.3 is 12.1 Å². The van der Waals surface area contributed by atoms with E-state index in [4.69, 9.17) is 9.84 Å². The van der Waals surface area contributed by atoms with Gasteiger partial charge in [-0.15, -0.1) is 0 Å². The number of aromatic carboxylic acids is 1. The van der Waals surface area contributed by atoms with Gasteiger partial charge in [-0.1, -0.05) is 0 Å². The number of carboxylic acids is 1. The molecule has 0 aliphatic carbocycles. The smallest absolute Gasteiger partial charge is 0.410 e. The van der Waals surface area contributed by atoms with Crippen LogP contribution in [0.5, 0.6) is 0 Å². The number of anilines is 1. The van der Waals surface area contributed by atoms with Gasteiger partial charge in [0.2, 0.25) is 0 Å². The fourth-order valence-electron chi connectivity index (χ4n) is 2.42. The Morgan fingerprint density at radius 3 is 2.43 bits per heavy atom. The number of hydrogen-bond acceptors (Lipinski definition) is 5. The first kappa shape index (κ1) is 17.1. The van der Waals surface area contributed by atoms with Crippen LogP contribution in [-0.2, 0) is 4.74 Å². The number of carboxylic acid groups (broad SMARTS) is 1. The van der Waals surface area contributed by atoms with Gasteiger partial charge in [-0.3, -0.25) is 0 Å². The summed E-state index contributed by atoms with van der Waals surface area (Å²) in [7, 11) is 1.92. The number of carbonyl (C=O) groups is 2. The molecule has 0 radical (unpaired) electrons. The predicted molar refractivity (Wildman–Crippen MR) is 85.9 cm³/mol. The Bertz CT molecular complexity index is 618. The topological polar surface area (TPSA) is 83.0 Å². The first-order valence-electron chi connectivity index (χ1n) is 7.50. The molecule has 1 amide bonds. The van der Waals surface area contributed by atoms with E-state index in [-0.39, 0.29) is 17.8 Å². The SMILES string of the molecule is Cc1nc(C(=O)O)ccc1N(C)C1CN(C(=O)OC(C)(C)C)C1. The molecule has 1 aromatic rings. The minimum absolute atomic E-state index is 0.0311. The van der Waals surface area contributed by atoms with Crippen molar-refractivity contribution in [1.82, 2.24) is 9.88 Å². The Hall–Kier alpha value is -2.31. The zero-order chi connectivity index (χ0) is 17.4. The summed E-state index contributed by atoms with van der Waals surface area (Å²) in [5, 5.41) is 8.96. The number of likely N-dealkylation sites (tertiary alicyclic amines) is 1. The van der Waals surface area contributed by atoms with E-state index in [2.05, 4.69) is 4.98 Å². The van der Waals surface area contributed by atoms with E-state index >= 15 is 0 Å². The largest absolute Gasteiger partial charge is 0.477 e. The van der Waals surface area contributed by atoms with Crippen LogP contribution in [0.4, 0.5) is 10.5 Å². The van der Waals surface area contributed by atoms with Crippen molar-refractivity contribution in [1.29, 1.82) is 0 Å². The number of carbonyl (C=O) groups excluding carboxylic acids is 1. The Balaban J connectivity index is 1.98. The van der Waals surface area contributed by atoms with Gasteiger partial charge in [0, 0.05) is 20.1 Å². The average Bonchev–Trinajstić information content (AvgIpc) is 2.34. The second kappa shape index (κ2) is 6.06. The first-order valence-corrected chi connectivity index (χ1v) is 7.50. The fraction of sp³-hybridized carbons (Fsp3) is 0.562. The third kappa shape index (κ3) is 3.91. The van der Waals surface area contributed by atoms with Gasteiger partial charge < -0.3 is 19.6 Å². The zero-order valence-corrected chi connectivity index (χ0v) is 14.2. The molecule has 0 atom stereocenters. The van der Waals surface area contributed by atoms with Crippen LogP contribution in [-0.4, -0.2) is 58.8 Å². The average molecular weight is 321 g/mol. The number of likely N-dealkylation sites (N-methyl/N-ethyl adjacent to an activating group) is 1. The first-order chi connectivity index (χ1) is 10.6. The minimum atomic E-state index is -1.04. The van der Waals surface area contributed by atoms with Crippen molar-refractivity contribution in [3.8, 4) is 0 Å². The van der Waals surface area contributed by atoms with Gasteiger partial charge in [-0.2, -0.15) is 0 Å². The van der Waals surface area contributed by atoms with E-state index in [0.29, 0.717) is 18.8 Å². The van der Waals surface area contributed by atoms with Crippen molar-refractivity contribution in [2.24, 2.45) is 0 Å². The van der Waals surface area contributed by atoms with Crippen LogP contribution in [0, 0.1) is 6.92 Å². The summed E-state index contributed by atoms with van der Waals surface area (Å²) in [4.78, 5) is 30.6.